The first-order chi connectivity index (χ1) is 12.3. The van der Waals surface area contributed by atoms with Crippen LogP contribution in [-0.2, 0) is 4.79 Å². The fourth-order valence-electron chi connectivity index (χ4n) is 2.92. The van der Waals surface area contributed by atoms with E-state index >= 15 is 0 Å². The summed E-state index contributed by atoms with van der Waals surface area (Å²) >= 11 is 0. The number of aliphatic imine (C=N–C) groups is 1. The van der Waals surface area contributed by atoms with Gasteiger partial charge in [-0.15, -0.1) is 0 Å². The summed E-state index contributed by atoms with van der Waals surface area (Å²) in [5.41, 5.74) is 3.30. The number of nitrogens with zero attached hydrogens (tertiary/aromatic N) is 1. The molecule has 0 radical (unpaired) electrons. The molecule has 1 aliphatic rings. The first-order valence-corrected chi connectivity index (χ1v) is 7.92. The van der Waals surface area contributed by atoms with E-state index in [0.29, 0.717) is 11.4 Å². The lowest BCUT2D eigenvalue weighted by atomic mass is 10.00. The Morgan fingerprint density at radius 2 is 2.04 bits per heavy atom. The molecule has 0 aliphatic carbocycles. The fourth-order valence-corrected chi connectivity index (χ4v) is 2.92. The van der Waals surface area contributed by atoms with Crippen molar-refractivity contribution in [3.05, 3.63) is 66.4 Å². The van der Waals surface area contributed by atoms with Crippen LogP contribution in [0.25, 0.3) is 11.3 Å². The lowest BCUT2D eigenvalue weighted by Gasteiger charge is -2.05. The predicted molar refractivity (Wildman–Crippen MR) is 96.7 cm³/mol. The molecule has 1 amide bonds. The minimum absolute atomic E-state index is 0.0924. The number of fused-ring (bicyclic) bond motifs is 1. The van der Waals surface area contributed by atoms with Gasteiger partial charge in [-0.1, -0.05) is 24.3 Å². The van der Waals surface area contributed by atoms with Gasteiger partial charge in [-0.2, -0.15) is 0 Å². The minimum atomic E-state index is -0.425. The van der Waals surface area contributed by atoms with Crippen LogP contribution >= 0.6 is 0 Å². The maximum atomic E-state index is 12.3. The Hall–Kier alpha value is -3.34. The van der Waals surface area contributed by atoms with Crippen LogP contribution in [0.2, 0.25) is 0 Å². The van der Waals surface area contributed by atoms with Crippen LogP contribution in [0.4, 0.5) is 11.4 Å². The van der Waals surface area contributed by atoms with Crippen LogP contribution in [-0.4, -0.2) is 19.2 Å². The van der Waals surface area contributed by atoms with E-state index in [1.165, 1.54) is 0 Å². The molecule has 3 aromatic rings. The van der Waals surface area contributed by atoms with Crippen LogP contribution in [0.5, 0.6) is 5.75 Å². The third-order valence-electron chi connectivity index (χ3n) is 4.18. The van der Waals surface area contributed by atoms with Crippen LogP contribution in [0.15, 0.2) is 70.3 Å². The third kappa shape index (κ3) is 2.80. The highest BCUT2D eigenvalue weighted by Crippen LogP contribution is 2.36. The fraction of sp³-hybridized carbons (Fsp3) is 0.100. The zero-order chi connectivity index (χ0) is 17.2. The molecule has 0 fully saturated rings. The Bertz CT molecular complexity index is 945. The molecule has 1 unspecified atom stereocenters. The molecule has 2 heterocycles. The van der Waals surface area contributed by atoms with Gasteiger partial charge >= 0.3 is 0 Å². The highest BCUT2D eigenvalue weighted by Gasteiger charge is 2.29. The highest BCUT2D eigenvalue weighted by atomic mass is 16.5. The van der Waals surface area contributed by atoms with Crippen molar-refractivity contribution >= 4 is 23.5 Å². The number of carbonyl (C=O) groups excluding carboxylic acids is 1. The van der Waals surface area contributed by atoms with Gasteiger partial charge in [-0.05, 0) is 35.9 Å². The zero-order valence-electron chi connectivity index (χ0n) is 13.6. The molecule has 0 saturated carbocycles. The molecular formula is C20H16N2O3. The summed E-state index contributed by atoms with van der Waals surface area (Å²) in [7, 11) is 1.60. The molecule has 0 spiro atoms. The number of furan rings is 1. The van der Waals surface area contributed by atoms with Crippen molar-refractivity contribution in [2.75, 3.05) is 12.4 Å². The van der Waals surface area contributed by atoms with E-state index in [-0.39, 0.29) is 5.91 Å². The van der Waals surface area contributed by atoms with Crippen LogP contribution < -0.4 is 10.1 Å². The molecule has 1 aliphatic heterocycles. The molecule has 0 saturated heterocycles. The molecule has 5 nitrogen and oxygen atoms in total. The van der Waals surface area contributed by atoms with Crippen molar-refractivity contribution in [3.63, 3.8) is 0 Å². The zero-order valence-corrected chi connectivity index (χ0v) is 13.6. The van der Waals surface area contributed by atoms with Crippen LogP contribution in [0, 0.1) is 0 Å². The lowest BCUT2D eigenvalue weighted by Crippen LogP contribution is -2.12. The van der Waals surface area contributed by atoms with Gasteiger partial charge in [0.05, 0.1) is 13.4 Å². The smallest absolute Gasteiger partial charge is 0.237 e. The van der Waals surface area contributed by atoms with Crippen LogP contribution in [0.1, 0.15) is 11.5 Å². The molecule has 4 rings (SSSR count). The summed E-state index contributed by atoms with van der Waals surface area (Å²) in [5.74, 6) is 0.921. The standard InChI is InChI=1S/C20H16N2O3/c1-24-19-6-3-2-5-16(19)21-12-15-14-9-8-13(18-7-4-10-25-18)11-17(14)22-20(15)23/h2-12,15H,1H3,(H,22,23). The Kier molecular flexibility index (Phi) is 3.82. The summed E-state index contributed by atoms with van der Waals surface area (Å²) in [5, 5.41) is 2.91. The topological polar surface area (TPSA) is 63.8 Å². The number of anilines is 1. The SMILES string of the molecule is COc1ccccc1N=CC1C(=O)Nc2cc(-c3ccco3)ccc21. The normalized spacial score (nSPS) is 16.0. The molecule has 1 aromatic heterocycles. The van der Waals surface area contributed by atoms with E-state index in [9.17, 15) is 4.79 Å². The molecular weight excluding hydrogens is 316 g/mol. The largest absolute Gasteiger partial charge is 0.494 e. The number of amides is 1. The number of benzene rings is 2. The molecule has 124 valence electrons. The number of nitrogens with one attached hydrogen (secondary N) is 1. The highest BCUT2D eigenvalue weighted by molar-refractivity contribution is 6.13. The first kappa shape index (κ1) is 15.2. The maximum absolute atomic E-state index is 12.3. The monoisotopic (exact) mass is 332 g/mol. The van der Waals surface area contributed by atoms with Crippen molar-refractivity contribution < 1.29 is 13.9 Å². The van der Waals surface area contributed by atoms with Crippen LogP contribution in [0.3, 0.4) is 0 Å². The molecule has 1 atom stereocenters. The number of hydrogen-bond donors (Lipinski definition) is 1. The number of hydrogen-bond acceptors (Lipinski definition) is 4. The average Bonchev–Trinajstić information content (AvgIpc) is 3.27. The van der Waals surface area contributed by atoms with Crippen molar-refractivity contribution in [1.29, 1.82) is 0 Å². The maximum Gasteiger partial charge on any atom is 0.237 e. The van der Waals surface area contributed by atoms with Crippen molar-refractivity contribution in [1.82, 2.24) is 0 Å². The Labute approximate surface area is 145 Å². The molecule has 25 heavy (non-hydrogen) atoms. The third-order valence-corrected chi connectivity index (χ3v) is 4.18. The van der Waals surface area contributed by atoms with E-state index in [2.05, 4.69) is 10.3 Å². The van der Waals surface area contributed by atoms with E-state index < -0.39 is 5.92 Å². The summed E-state index contributed by atoms with van der Waals surface area (Å²) in [4.78, 5) is 16.8. The molecule has 2 aromatic carbocycles. The summed E-state index contributed by atoms with van der Waals surface area (Å²) in [6.45, 7) is 0. The van der Waals surface area contributed by atoms with Gasteiger partial charge in [-0.3, -0.25) is 9.79 Å². The second-order valence-electron chi connectivity index (χ2n) is 5.70. The number of methoxy groups -OCH3 is 1. The van der Waals surface area contributed by atoms with Crippen molar-refractivity contribution in [2.45, 2.75) is 5.92 Å². The molecule has 5 heteroatoms. The number of rotatable bonds is 4. The van der Waals surface area contributed by atoms with E-state index in [4.69, 9.17) is 9.15 Å². The minimum Gasteiger partial charge on any atom is -0.494 e. The number of para-hydroxylation sites is 2. The summed E-state index contributed by atoms with van der Waals surface area (Å²) in [6, 6.07) is 17.0. The second kappa shape index (κ2) is 6.28. The number of ether oxygens (including phenoxy) is 1. The Balaban J connectivity index is 1.65. The lowest BCUT2D eigenvalue weighted by molar-refractivity contribution is -0.115. The van der Waals surface area contributed by atoms with Gasteiger partial charge in [0, 0.05) is 17.5 Å². The summed E-state index contributed by atoms with van der Waals surface area (Å²) in [6.07, 6.45) is 3.29. The van der Waals surface area contributed by atoms with E-state index in [1.807, 2.05) is 54.6 Å². The van der Waals surface area contributed by atoms with Gasteiger partial charge in [0.25, 0.3) is 0 Å². The predicted octanol–water partition coefficient (Wildman–Crippen LogP) is 4.39. The molecule has 0 bridgehead atoms. The van der Waals surface area contributed by atoms with Gasteiger partial charge in [0.2, 0.25) is 5.91 Å². The second-order valence-corrected chi connectivity index (χ2v) is 5.70. The van der Waals surface area contributed by atoms with Gasteiger partial charge in [0.15, 0.2) is 0 Å². The first-order valence-electron chi connectivity index (χ1n) is 7.92. The van der Waals surface area contributed by atoms with Gasteiger partial charge in [0.1, 0.15) is 23.1 Å². The van der Waals surface area contributed by atoms with E-state index in [1.54, 1.807) is 19.6 Å². The molecule has 1 N–H and O–H groups in total. The number of carbonyl (C=O) groups is 1. The quantitative estimate of drug-likeness (QED) is 0.721. The summed E-state index contributed by atoms with van der Waals surface area (Å²) < 4.78 is 10.7. The van der Waals surface area contributed by atoms with E-state index in [0.717, 1.165) is 22.6 Å². The van der Waals surface area contributed by atoms with Gasteiger partial charge in [-0.25, -0.2) is 0 Å². The average molecular weight is 332 g/mol. The van der Waals surface area contributed by atoms with Gasteiger partial charge < -0.3 is 14.5 Å². The van der Waals surface area contributed by atoms with Crippen molar-refractivity contribution in [3.8, 4) is 17.1 Å². The van der Waals surface area contributed by atoms with Crippen molar-refractivity contribution in [2.24, 2.45) is 4.99 Å². The Morgan fingerprint density at radius 1 is 1.16 bits per heavy atom. The Morgan fingerprint density at radius 3 is 2.84 bits per heavy atom.